The number of aliphatic carboxylic acids is 1. The molecule has 186 valence electrons. The van der Waals surface area contributed by atoms with Gasteiger partial charge in [0, 0.05) is 6.42 Å². The molecule has 2 N–H and O–H groups in total. The van der Waals surface area contributed by atoms with Crippen molar-refractivity contribution in [2.75, 3.05) is 0 Å². The minimum absolute atomic E-state index is 0. The van der Waals surface area contributed by atoms with Gasteiger partial charge in [-0.3, -0.25) is 18.9 Å². The molecule has 0 aliphatic heterocycles. The minimum Gasteiger partial charge on any atom is -1.00 e. The topological polar surface area (TPSA) is 135 Å². The molecule has 1 atom stereocenters. The van der Waals surface area contributed by atoms with E-state index in [1.165, 1.54) is 64.2 Å². The SMILES string of the molecule is CCCCCCCCCCCCCCCCCC(=O)OC(=O)C(CC(=O)O)S(=O)(=O)O.[H-].[H-].[Na+].[Na+]. The second-order valence-corrected chi connectivity index (χ2v) is 9.69. The van der Waals surface area contributed by atoms with E-state index in [0.29, 0.717) is 6.42 Å². The Bertz CT molecular complexity index is 637. The maximum Gasteiger partial charge on any atom is 1.00 e. The standard InChI is InChI=1S/C22H40O8S.2Na.2H/c1-2-3-4-5-6-7-8-9-10-11-12-13-14-15-16-17-21(25)30-22(26)19(18-20(23)24)31(27,28)29;;;;/h19H,2-18H2,1H3,(H,23,24)(H,27,28,29);;;;/q;2*+1;2*-1. The van der Waals surface area contributed by atoms with Crippen LogP contribution in [-0.2, 0) is 29.2 Å². The summed E-state index contributed by atoms with van der Waals surface area (Å²) in [7, 11) is -4.96. The molecule has 0 rings (SSSR count). The van der Waals surface area contributed by atoms with Crippen LogP contribution in [0.3, 0.4) is 0 Å². The minimum atomic E-state index is -4.96. The number of rotatable bonds is 20. The number of carboxylic acids is 1. The molecule has 0 amide bonds. The molecular weight excluding hydrogens is 470 g/mol. The zero-order valence-electron chi connectivity index (χ0n) is 22.9. The largest absolute Gasteiger partial charge is 1.00 e. The van der Waals surface area contributed by atoms with Gasteiger partial charge in [0.25, 0.3) is 10.1 Å². The summed E-state index contributed by atoms with van der Waals surface area (Å²) >= 11 is 0. The molecule has 0 aliphatic rings. The quantitative estimate of drug-likeness (QED) is 0.0718. The van der Waals surface area contributed by atoms with Crippen molar-refractivity contribution < 1.29 is 99.2 Å². The zero-order valence-corrected chi connectivity index (χ0v) is 25.7. The molecular formula is C22H42Na2O8S. The maximum atomic E-state index is 11.7. The Morgan fingerprint density at radius 1 is 0.758 bits per heavy atom. The second-order valence-electron chi connectivity index (χ2n) is 8.09. The molecule has 0 aromatic heterocycles. The summed E-state index contributed by atoms with van der Waals surface area (Å²) in [6.07, 6.45) is 16.4. The van der Waals surface area contributed by atoms with Gasteiger partial charge in [0.2, 0.25) is 0 Å². The third-order valence-corrected chi connectivity index (χ3v) is 6.26. The van der Waals surface area contributed by atoms with Gasteiger partial charge in [-0.25, -0.2) is 0 Å². The molecule has 0 saturated carbocycles. The van der Waals surface area contributed by atoms with E-state index < -0.39 is 39.7 Å². The molecule has 0 saturated heterocycles. The van der Waals surface area contributed by atoms with E-state index in [2.05, 4.69) is 11.7 Å². The van der Waals surface area contributed by atoms with Crippen LogP contribution in [0.15, 0.2) is 0 Å². The van der Waals surface area contributed by atoms with Crippen molar-refractivity contribution in [3.8, 4) is 0 Å². The van der Waals surface area contributed by atoms with Gasteiger partial charge in [-0.05, 0) is 6.42 Å². The predicted molar refractivity (Wildman–Crippen MR) is 120 cm³/mol. The molecule has 0 fully saturated rings. The summed E-state index contributed by atoms with van der Waals surface area (Å²) in [5, 5.41) is 6.32. The van der Waals surface area contributed by atoms with Gasteiger partial charge in [0.05, 0.1) is 6.42 Å². The first-order valence-electron chi connectivity index (χ1n) is 11.6. The first-order valence-corrected chi connectivity index (χ1v) is 13.1. The summed E-state index contributed by atoms with van der Waals surface area (Å²) in [4.78, 5) is 33.9. The third kappa shape index (κ3) is 24.0. The van der Waals surface area contributed by atoms with Crippen molar-refractivity contribution in [3.63, 3.8) is 0 Å². The van der Waals surface area contributed by atoms with Crippen LogP contribution in [0.25, 0.3) is 0 Å². The Labute approximate surface area is 246 Å². The van der Waals surface area contributed by atoms with Crippen LogP contribution in [0.1, 0.15) is 119 Å². The predicted octanol–water partition coefficient (Wildman–Crippen LogP) is -0.718. The van der Waals surface area contributed by atoms with Crippen molar-refractivity contribution in [3.05, 3.63) is 0 Å². The number of carbonyl (C=O) groups excluding carboxylic acids is 2. The summed E-state index contributed by atoms with van der Waals surface area (Å²) in [5.74, 6) is -4.08. The molecule has 1 unspecified atom stereocenters. The molecule has 0 bridgehead atoms. The first-order chi connectivity index (χ1) is 14.7. The van der Waals surface area contributed by atoms with Crippen LogP contribution in [0, 0.1) is 0 Å². The van der Waals surface area contributed by atoms with Crippen LogP contribution in [0.2, 0.25) is 0 Å². The Balaban J connectivity index is -0.000000750. The van der Waals surface area contributed by atoms with Gasteiger partial charge >= 0.3 is 77.0 Å². The Morgan fingerprint density at radius 2 is 1.12 bits per heavy atom. The molecule has 0 aromatic carbocycles. The van der Waals surface area contributed by atoms with Gasteiger partial charge in [-0.15, -0.1) is 0 Å². The van der Waals surface area contributed by atoms with Crippen LogP contribution in [0.4, 0.5) is 0 Å². The summed E-state index contributed by atoms with van der Waals surface area (Å²) in [5.41, 5.74) is 0. The van der Waals surface area contributed by atoms with Crippen molar-refractivity contribution in [1.29, 1.82) is 0 Å². The molecule has 0 spiro atoms. The maximum absolute atomic E-state index is 11.7. The van der Waals surface area contributed by atoms with Gasteiger partial charge < -0.3 is 12.7 Å². The fourth-order valence-corrected chi connectivity index (χ4v) is 3.98. The van der Waals surface area contributed by atoms with E-state index in [1.54, 1.807) is 0 Å². The number of carboxylic acid groups (broad SMARTS) is 1. The molecule has 33 heavy (non-hydrogen) atoms. The Kier molecular flexibility index (Phi) is 27.9. The molecule has 11 heteroatoms. The van der Waals surface area contributed by atoms with E-state index in [9.17, 15) is 22.8 Å². The molecule has 0 heterocycles. The van der Waals surface area contributed by atoms with E-state index >= 15 is 0 Å². The normalized spacial score (nSPS) is 11.7. The molecule has 0 aromatic rings. The van der Waals surface area contributed by atoms with Crippen LogP contribution in [0.5, 0.6) is 0 Å². The zero-order chi connectivity index (χ0) is 23.5. The second kappa shape index (κ2) is 24.2. The fourth-order valence-electron chi connectivity index (χ4n) is 3.34. The van der Waals surface area contributed by atoms with Gasteiger partial charge in [-0.1, -0.05) is 96.8 Å². The molecule has 0 aliphatic carbocycles. The van der Waals surface area contributed by atoms with Crippen molar-refractivity contribution in [2.24, 2.45) is 0 Å². The smallest absolute Gasteiger partial charge is 1.00 e. The average molecular weight is 513 g/mol. The summed E-state index contributed by atoms with van der Waals surface area (Å²) < 4.78 is 35.5. The monoisotopic (exact) mass is 512 g/mol. The van der Waals surface area contributed by atoms with Crippen molar-refractivity contribution >= 4 is 28.0 Å². The van der Waals surface area contributed by atoms with Crippen LogP contribution in [-0.4, -0.2) is 41.2 Å². The third-order valence-electron chi connectivity index (χ3n) is 5.18. The van der Waals surface area contributed by atoms with Crippen LogP contribution < -0.4 is 59.1 Å². The number of esters is 2. The van der Waals surface area contributed by atoms with Crippen molar-refractivity contribution in [1.82, 2.24) is 0 Å². The van der Waals surface area contributed by atoms with E-state index in [-0.39, 0.29) is 68.4 Å². The van der Waals surface area contributed by atoms with E-state index in [4.69, 9.17) is 9.66 Å². The number of carbonyl (C=O) groups is 3. The first kappa shape index (κ1) is 38.1. The van der Waals surface area contributed by atoms with Gasteiger partial charge in [-0.2, -0.15) is 8.42 Å². The number of unbranched alkanes of at least 4 members (excludes halogenated alkanes) is 14. The molecule has 8 nitrogen and oxygen atoms in total. The van der Waals surface area contributed by atoms with Gasteiger partial charge in [0.15, 0.2) is 5.25 Å². The summed E-state index contributed by atoms with van der Waals surface area (Å²) in [6, 6.07) is 0. The fraction of sp³-hybridized carbons (Fsp3) is 0.864. The number of ether oxygens (including phenoxy) is 1. The van der Waals surface area contributed by atoms with Crippen molar-refractivity contribution in [2.45, 2.75) is 121 Å². The van der Waals surface area contributed by atoms with E-state index in [0.717, 1.165) is 25.7 Å². The van der Waals surface area contributed by atoms with Crippen LogP contribution >= 0.6 is 0 Å². The Hall–Kier alpha value is 0.520. The average Bonchev–Trinajstić information content (AvgIpc) is 2.68. The van der Waals surface area contributed by atoms with E-state index in [1.807, 2.05) is 0 Å². The van der Waals surface area contributed by atoms with Gasteiger partial charge in [0.1, 0.15) is 0 Å². The number of hydrogen-bond donors (Lipinski definition) is 2. The molecule has 0 radical (unpaired) electrons. The Morgan fingerprint density at radius 3 is 1.45 bits per heavy atom. The number of hydrogen-bond acceptors (Lipinski definition) is 6. The summed E-state index contributed by atoms with van der Waals surface area (Å²) in [6.45, 7) is 2.23.